The summed E-state index contributed by atoms with van der Waals surface area (Å²) in [6, 6.07) is 0. The number of hydrogen-bond acceptors (Lipinski definition) is 2. The highest BCUT2D eigenvalue weighted by molar-refractivity contribution is 5.95. The minimum atomic E-state index is 0.0956. The molecule has 0 aromatic heterocycles. The molecule has 0 rings (SSSR count). The van der Waals surface area contributed by atoms with Crippen molar-refractivity contribution in [2.75, 3.05) is 0 Å². The molecule has 0 bridgehead atoms. The number of nitrogens with one attached hydrogen (secondary N) is 2. The van der Waals surface area contributed by atoms with Crippen molar-refractivity contribution in [2.45, 2.75) is 48.0 Å². The smallest absolute Gasteiger partial charge is 0.0202 e. The number of hydrogen-bond donors (Lipinski definition) is 2. The summed E-state index contributed by atoms with van der Waals surface area (Å²) >= 11 is 0. The topological polar surface area (TPSA) is 47.7 Å². The van der Waals surface area contributed by atoms with Gasteiger partial charge in [0.05, 0.1) is 0 Å². The molecule has 0 unspecified atom stereocenters. The van der Waals surface area contributed by atoms with Crippen LogP contribution < -0.4 is 0 Å². The Labute approximate surface area is 88.1 Å². The molecule has 0 saturated heterocycles. The predicted octanol–water partition coefficient (Wildman–Crippen LogP) is 3.75. The SMILES string of the molecule is CC(C)(C)C(C(=N)CC=N)C(C)(C)C. The quantitative estimate of drug-likeness (QED) is 0.646. The fraction of sp³-hybridized carbons (Fsp3) is 0.833. The minimum absolute atomic E-state index is 0.0956. The molecule has 0 amide bonds. The second-order valence-corrected chi connectivity index (χ2v) is 6.10. The first kappa shape index (κ1) is 13.3. The second kappa shape index (κ2) is 4.24. The van der Waals surface area contributed by atoms with Crippen LogP contribution in [0.1, 0.15) is 48.0 Å². The average molecular weight is 196 g/mol. The van der Waals surface area contributed by atoms with Crippen molar-refractivity contribution in [1.29, 1.82) is 10.8 Å². The summed E-state index contributed by atoms with van der Waals surface area (Å²) in [7, 11) is 0. The Kier molecular flexibility index (Phi) is 4.04. The largest absolute Gasteiger partial charge is 0.313 e. The maximum Gasteiger partial charge on any atom is 0.0202 e. The van der Waals surface area contributed by atoms with Gasteiger partial charge in [-0.25, -0.2) is 0 Å². The van der Waals surface area contributed by atoms with Crippen LogP contribution in [0.25, 0.3) is 0 Å². The van der Waals surface area contributed by atoms with E-state index in [9.17, 15) is 0 Å². The van der Waals surface area contributed by atoms with E-state index in [-0.39, 0.29) is 16.7 Å². The van der Waals surface area contributed by atoms with Crippen molar-refractivity contribution < 1.29 is 0 Å². The van der Waals surface area contributed by atoms with Gasteiger partial charge in [-0.3, -0.25) is 0 Å². The zero-order valence-electron chi connectivity index (χ0n) is 10.4. The maximum atomic E-state index is 8.01. The third-order valence-electron chi connectivity index (χ3n) is 2.40. The standard InChI is InChI=1S/C12H24N2/c1-11(2,3)10(12(4,5)6)9(14)7-8-13/h8,10,13-14H,7H2,1-6H3. The highest BCUT2D eigenvalue weighted by atomic mass is 14.5. The molecule has 0 aliphatic carbocycles. The van der Waals surface area contributed by atoms with Gasteiger partial charge >= 0.3 is 0 Å². The third-order valence-corrected chi connectivity index (χ3v) is 2.40. The zero-order valence-corrected chi connectivity index (χ0v) is 10.4. The molecule has 82 valence electrons. The van der Waals surface area contributed by atoms with E-state index in [4.69, 9.17) is 10.8 Å². The lowest BCUT2D eigenvalue weighted by molar-refractivity contribution is 0.165. The zero-order chi connectivity index (χ0) is 11.6. The predicted molar refractivity (Wildman–Crippen MR) is 63.5 cm³/mol. The number of rotatable bonds is 3. The van der Waals surface area contributed by atoms with Crippen LogP contribution in [0, 0.1) is 27.6 Å². The van der Waals surface area contributed by atoms with E-state index in [1.165, 1.54) is 6.21 Å². The van der Waals surface area contributed by atoms with E-state index < -0.39 is 0 Å². The fourth-order valence-electron chi connectivity index (χ4n) is 2.57. The van der Waals surface area contributed by atoms with Gasteiger partial charge in [0.25, 0.3) is 0 Å². The first-order valence-corrected chi connectivity index (χ1v) is 5.17. The van der Waals surface area contributed by atoms with E-state index in [1.54, 1.807) is 0 Å². The lowest BCUT2D eigenvalue weighted by Gasteiger charge is -2.41. The Balaban J connectivity index is 4.93. The summed E-state index contributed by atoms with van der Waals surface area (Å²) in [5.41, 5.74) is 0.872. The first-order chi connectivity index (χ1) is 6.10. The second-order valence-electron chi connectivity index (χ2n) is 6.10. The first-order valence-electron chi connectivity index (χ1n) is 5.17. The van der Waals surface area contributed by atoms with Crippen LogP contribution in [0.2, 0.25) is 0 Å². The molecule has 14 heavy (non-hydrogen) atoms. The van der Waals surface area contributed by atoms with Gasteiger partial charge in [-0.1, -0.05) is 41.5 Å². The molecule has 0 atom stereocenters. The lowest BCUT2D eigenvalue weighted by atomic mass is 9.64. The summed E-state index contributed by atoms with van der Waals surface area (Å²) in [5, 5.41) is 15.1. The van der Waals surface area contributed by atoms with Gasteiger partial charge < -0.3 is 10.8 Å². The summed E-state index contributed by atoms with van der Waals surface area (Å²) in [6.07, 6.45) is 1.81. The van der Waals surface area contributed by atoms with Crippen molar-refractivity contribution >= 4 is 11.9 Å². The van der Waals surface area contributed by atoms with Gasteiger partial charge in [0, 0.05) is 24.3 Å². The molecule has 0 heterocycles. The summed E-state index contributed by atoms with van der Waals surface area (Å²) < 4.78 is 0. The molecule has 0 aliphatic heterocycles. The molecule has 0 spiro atoms. The van der Waals surface area contributed by atoms with Gasteiger partial charge in [0.2, 0.25) is 0 Å². The van der Waals surface area contributed by atoms with Crippen LogP contribution in [0.3, 0.4) is 0 Å². The molecule has 2 N–H and O–H groups in total. The molecule has 0 aromatic carbocycles. The van der Waals surface area contributed by atoms with Crippen LogP contribution in [0.5, 0.6) is 0 Å². The Hall–Kier alpha value is -0.660. The Bertz CT molecular complexity index is 201. The third kappa shape index (κ3) is 3.60. The molecule has 0 radical (unpaired) electrons. The lowest BCUT2D eigenvalue weighted by Crippen LogP contribution is -2.38. The highest BCUT2D eigenvalue weighted by Crippen LogP contribution is 2.40. The van der Waals surface area contributed by atoms with E-state index in [0.717, 1.165) is 0 Å². The molecule has 0 fully saturated rings. The monoisotopic (exact) mass is 196 g/mol. The summed E-state index contributed by atoms with van der Waals surface area (Å²) in [5.74, 6) is 0.233. The fourth-order valence-corrected chi connectivity index (χ4v) is 2.57. The van der Waals surface area contributed by atoms with Crippen molar-refractivity contribution in [3.8, 4) is 0 Å². The van der Waals surface area contributed by atoms with E-state index >= 15 is 0 Å². The van der Waals surface area contributed by atoms with Crippen LogP contribution in [-0.2, 0) is 0 Å². The van der Waals surface area contributed by atoms with Gasteiger partial charge in [-0.2, -0.15) is 0 Å². The van der Waals surface area contributed by atoms with Gasteiger partial charge in [0.1, 0.15) is 0 Å². The molecule has 2 nitrogen and oxygen atoms in total. The molecule has 0 aliphatic rings. The molecule has 0 aromatic rings. The highest BCUT2D eigenvalue weighted by Gasteiger charge is 2.37. The van der Waals surface area contributed by atoms with Crippen LogP contribution in [0.4, 0.5) is 0 Å². The van der Waals surface area contributed by atoms with E-state index in [1.807, 2.05) is 0 Å². The maximum absolute atomic E-state index is 8.01. The Morgan fingerprint density at radius 3 is 1.64 bits per heavy atom. The van der Waals surface area contributed by atoms with Gasteiger partial charge in [-0.05, 0) is 10.8 Å². The van der Waals surface area contributed by atoms with Crippen molar-refractivity contribution in [3.63, 3.8) is 0 Å². The Morgan fingerprint density at radius 1 is 1.07 bits per heavy atom. The van der Waals surface area contributed by atoms with Gasteiger partial charge in [0.15, 0.2) is 0 Å². The van der Waals surface area contributed by atoms with Crippen molar-refractivity contribution in [3.05, 3.63) is 0 Å². The molecular formula is C12H24N2. The summed E-state index contributed by atoms with van der Waals surface area (Å²) in [4.78, 5) is 0. The minimum Gasteiger partial charge on any atom is -0.313 e. The van der Waals surface area contributed by atoms with E-state index in [2.05, 4.69) is 41.5 Å². The molecular weight excluding hydrogens is 172 g/mol. The normalized spacial score (nSPS) is 13.1. The van der Waals surface area contributed by atoms with Crippen molar-refractivity contribution in [2.24, 2.45) is 16.7 Å². The molecule has 2 heteroatoms. The summed E-state index contributed by atoms with van der Waals surface area (Å²) in [6.45, 7) is 13.0. The average Bonchev–Trinajstić information content (AvgIpc) is 1.78. The molecule has 0 saturated carbocycles. The van der Waals surface area contributed by atoms with Crippen LogP contribution in [-0.4, -0.2) is 11.9 Å². The van der Waals surface area contributed by atoms with Crippen LogP contribution >= 0.6 is 0 Å². The van der Waals surface area contributed by atoms with Crippen molar-refractivity contribution in [1.82, 2.24) is 0 Å². The van der Waals surface area contributed by atoms with Gasteiger partial charge in [-0.15, -0.1) is 0 Å². The Morgan fingerprint density at radius 2 is 1.43 bits per heavy atom. The van der Waals surface area contributed by atoms with E-state index in [0.29, 0.717) is 12.1 Å². The van der Waals surface area contributed by atoms with Crippen LogP contribution in [0.15, 0.2) is 0 Å².